The Bertz CT molecular complexity index is 509. The zero-order valence-corrected chi connectivity index (χ0v) is 13.6. The van der Waals surface area contributed by atoms with Crippen molar-refractivity contribution in [3.8, 4) is 0 Å². The Morgan fingerprint density at radius 3 is 2.09 bits per heavy atom. The fourth-order valence-electron chi connectivity index (χ4n) is 3.78. The summed E-state index contributed by atoms with van der Waals surface area (Å²) in [5, 5.41) is 0. The molecular weight excluding hydrogens is 266 g/mol. The Hall–Kier alpha value is -1.60. The lowest BCUT2D eigenvalue weighted by Crippen LogP contribution is -2.24. The third-order valence-corrected chi connectivity index (χ3v) is 4.93. The molecule has 1 saturated heterocycles. The second kappa shape index (κ2) is 7.60. The summed E-state index contributed by atoms with van der Waals surface area (Å²) in [6.45, 7) is 6.06. The molecule has 3 rings (SSSR count). The molecule has 0 N–H and O–H groups in total. The molecule has 1 unspecified atom stereocenters. The standard InChI is InChI=1S/C21H27N/c1-2-3-15-22-16-14-20(17-22)21(18-10-6-4-7-11-18)19-12-8-5-9-13-19/h4-13,20-21H,2-3,14-17H2,1H3. The van der Waals surface area contributed by atoms with Crippen LogP contribution in [0.3, 0.4) is 0 Å². The summed E-state index contributed by atoms with van der Waals surface area (Å²) in [5.74, 6) is 1.27. The third-order valence-electron chi connectivity index (χ3n) is 4.93. The Labute approximate surface area is 135 Å². The Kier molecular flexibility index (Phi) is 5.29. The van der Waals surface area contributed by atoms with E-state index in [1.165, 1.54) is 50.0 Å². The summed E-state index contributed by atoms with van der Waals surface area (Å²) in [5.41, 5.74) is 2.94. The lowest BCUT2D eigenvalue weighted by atomic mass is 9.80. The predicted octanol–water partition coefficient (Wildman–Crippen LogP) is 4.94. The van der Waals surface area contributed by atoms with Crippen LogP contribution >= 0.6 is 0 Å². The van der Waals surface area contributed by atoms with E-state index in [1.807, 2.05) is 0 Å². The van der Waals surface area contributed by atoms with Gasteiger partial charge >= 0.3 is 0 Å². The summed E-state index contributed by atoms with van der Waals surface area (Å²) in [6.07, 6.45) is 3.94. The van der Waals surface area contributed by atoms with Gasteiger partial charge in [0.1, 0.15) is 0 Å². The van der Waals surface area contributed by atoms with E-state index in [-0.39, 0.29) is 0 Å². The number of hydrogen-bond acceptors (Lipinski definition) is 1. The van der Waals surface area contributed by atoms with Gasteiger partial charge in [0.15, 0.2) is 0 Å². The number of unbranched alkanes of at least 4 members (excludes halogenated alkanes) is 1. The highest BCUT2D eigenvalue weighted by Crippen LogP contribution is 2.37. The minimum absolute atomic E-state index is 0.536. The normalized spacial score (nSPS) is 18.9. The molecule has 116 valence electrons. The molecule has 0 radical (unpaired) electrons. The molecule has 1 aliphatic rings. The summed E-state index contributed by atoms with van der Waals surface area (Å²) >= 11 is 0. The molecule has 0 aromatic heterocycles. The van der Waals surface area contributed by atoms with Crippen molar-refractivity contribution in [2.24, 2.45) is 5.92 Å². The molecule has 2 aromatic carbocycles. The lowest BCUT2D eigenvalue weighted by Gasteiger charge is -2.25. The molecule has 0 spiro atoms. The van der Waals surface area contributed by atoms with Crippen molar-refractivity contribution >= 4 is 0 Å². The van der Waals surface area contributed by atoms with E-state index in [1.54, 1.807) is 0 Å². The van der Waals surface area contributed by atoms with Gasteiger partial charge in [-0.1, -0.05) is 74.0 Å². The average Bonchev–Trinajstić information content (AvgIpc) is 3.04. The molecule has 1 fully saturated rings. The van der Waals surface area contributed by atoms with Gasteiger partial charge in [-0.05, 0) is 43.0 Å². The second-order valence-electron chi connectivity index (χ2n) is 6.50. The van der Waals surface area contributed by atoms with E-state index in [2.05, 4.69) is 72.5 Å². The SMILES string of the molecule is CCCCN1CCC(C(c2ccccc2)c2ccccc2)C1. The van der Waals surface area contributed by atoms with Crippen molar-refractivity contribution in [2.75, 3.05) is 19.6 Å². The molecule has 2 aromatic rings. The van der Waals surface area contributed by atoms with Crippen LogP contribution in [-0.4, -0.2) is 24.5 Å². The maximum absolute atomic E-state index is 2.66. The Balaban J connectivity index is 1.81. The van der Waals surface area contributed by atoms with Crippen molar-refractivity contribution in [3.63, 3.8) is 0 Å². The molecular formula is C21H27N. The highest BCUT2D eigenvalue weighted by Gasteiger charge is 2.31. The minimum Gasteiger partial charge on any atom is -0.303 e. The monoisotopic (exact) mass is 293 g/mol. The van der Waals surface area contributed by atoms with E-state index in [4.69, 9.17) is 0 Å². The van der Waals surface area contributed by atoms with Gasteiger partial charge in [0.05, 0.1) is 0 Å². The van der Waals surface area contributed by atoms with Crippen molar-refractivity contribution in [1.29, 1.82) is 0 Å². The highest BCUT2D eigenvalue weighted by atomic mass is 15.1. The largest absolute Gasteiger partial charge is 0.303 e. The van der Waals surface area contributed by atoms with Gasteiger partial charge in [0.25, 0.3) is 0 Å². The van der Waals surface area contributed by atoms with E-state index in [9.17, 15) is 0 Å². The quantitative estimate of drug-likeness (QED) is 0.729. The van der Waals surface area contributed by atoms with Crippen LogP contribution in [0.15, 0.2) is 60.7 Å². The van der Waals surface area contributed by atoms with Gasteiger partial charge in [0.2, 0.25) is 0 Å². The number of hydrogen-bond donors (Lipinski definition) is 0. The molecule has 1 nitrogen and oxygen atoms in total. The van der Waals surface area contributed by atoms with Gasteiger partial charge in [-0.25, -0.2) is 0 Å². The van der Waals surface area contributed by atoms with Gasteiger partial charge in [-0.3, -0.25) is 0 Å². The first-order chi connectivity index (χ1) is 10.9. The van der Waals surface area contributed by atoms with E-state index in [0.717, 1.165) is 5.92 Å². The maximum Gasteiger partial charge on any atom is 0.0130 e. The average molecular weight is 293 g/mol. The van der Waals surface area contributed by atoms with Crippen molar-refractivity contribution in [1.82, 2.24) is 4.90 Å². The number of rotatable bonds is 6. The molecule has 0 aliphatic carbocycles. The number of nitrogens with zero attached hydrogens (tertiary/aromatic N) is 1. The fourth-order valence-corrected chi connectivity index (χ4v) is 3.78. The van der Waals surface area contributed by atoms with Crippen molar-refractivity contribution < 1.29 is 0 Å². The van der Waals surface area contributed by atoms with Gasteiger partial charge in [-0.15, -0.1) is 0 Å². The van der Waals surface area contributed by atoms with Crippen LogP contribution < -0.4 is 0 Å². The van der Waals surface area contributed by atoms with Crippen molar-refractivity contribution in [3.05, 3.63) is 71.8 Å². The van der Waals surface area contributed by atoms with Crippen LogP contribution in [0.2, 0.25) is 0 Å². The zero-order valence-electron chi connectivity index (χ0n) is 13.6. The molecule has 1 heteroatoms. The fraction of sp³-hybridized carbons (Fsp3) is 0.429. The third kappa shape index (κ3) is 3.59. The topological polar surface area (TPSA) is 3.24 Å². The van der Waals surface area contributed by atoms with Gasteiger partial charge in [-0.2, -0.15) is 0 Å². The van der Waals surface area contributed by atoms with Crippen LogP contribution in [0.4, 0.5) is 0 Å². The van der Waals surface area contributed by atoms with E-state index in [0.29, 0.717) is 5.92 Å². The molecule has 0 saturated carbocycles. The van der Waals surface area contributed by atoms with Crippen LogP contribution in [0.1, 0.15) is 43.2 Å². The van der Waals surface area contributed by atoms with Crippen LogP contribution in [0, 0.1) is 5.92 Å². The maximum atomic E-state index is 2.66. The number of benzene rings is 2. The van der Waals surface area contributed by atoms with Crippen molar-refractivity contribution in [2.45, 2.75) is 32.1 Å². The summed E-state index contributed by atoms with van der Waals surface area (Å²) in [4.78, 5) is 2.66. The van der Waals surface area contributed by atoms with E-state index >= 15 is 0 Å². The summed E-state index contributed by atoms with van der Waals surface area (Å²) in [7, 11) is 0. The minimum atomic E-state index is 0.536. The zero-order chi connectivity index (χ0) is 15.2. The van der Waals surface area contributed by atoms with Gasteiger partial charge in [0, 0.05) is 12.5 Å². The molecule has 22 heavy (non-hydrogen) atoms. The van der Waals surface area contributed by atoms with Gasteiger partial charge < -0.3 is 4.90 Å². The molecule has 1 aliphatic heterocycles. The summed E-state index contributed by atoms with van der Waals surface area (Å²) in [6, 6.07) is 22.1. The Morgan fingerprint density at radius 2 is 1.55 bits per heavy atom. The smallest absolute Gasteiger partial charge is 0.0130 e. The molecule has 0 amide bonds. The highest BCUT2D eigenvalue weighted by molar-refractivity contribution is 5.33. The van der Waals surface area contributed by atoms with Crippen LogP contribution in [0.5, 0.6) is 0 Å². The van der Waals surface area contributed by atoms with Crippen LogP contribution in [-0.2, 0) is 0 Å². The first-order valence-electron chi connectivity index (χ1n) is 8.70. The predicted molar refractivity (Wildman–Crippen MR) is 94.2 cm³/mol. The van der Waals surface area contributed by atoms with Crippen LogP contribution in [0.25, 0.3) is 0 Å². The van der Waals surface area contributed by atoms with E-state index < -0.39 is 0 Å². The summed E-state index contributed by atoms with van der Waals surface area (Å²) < 4.78 is 0. The second-order valence-corrected chi connectivity index (χ2v) is 6.50. The first-order valence-corrected chi connectivity index (χ1v) is 8.70. The molecule has 1 heterocycles. The molecule has 1 atom stereocenters. The first kappa shape index (κ1) is 15.3. The number of likely N-dealkylation sites (tertiary alicyclic amines) is 1. The lowest BCUT2D eigenvalue weighted by molar-refractivity contribution is 0.313. The Morgan fingerprint density at radius 1 is 0.955 bits per heavy atom. The molecule has 0 bridgehead atoms.